The van der Waals surface area contributed by atoms with Crippen molar-refractivity contribution in [1.82, 2.24) is 0 Å². The summed E-state index contributed by atoms with van der Waals surface area (Å²) in [5, 5.41) is 9.33. The fourth-order valence-corrected chi connectivity index (χ4v) is 0.943. The number of aliphatic hydroxyl groups is 1. The molecule has 0 aromatic rings. The topological polar surface area (TPSA) is 32.6 Å². The van der Waals surface area contributed by atoms with Crippen LogP contribution in [0.15, 0.2) is 28.1 Å². The molecule has 0 heterocycles. The summed E-state index contributed by atoms with van der Waals surface area (Å²) in [6.45, 7) is 3.52. The van der Waals surface area contributed by atoms with Crippen molar-refractivity contribution in [1.29, 1.82) is 0 Å². The lowest BCUT2D eigenvalue weighted by atomic mass is 10.4. The third kappa shape index (κ3) is 5.38. The summed E-state index contributed by atoms with van der Waals surface area (Å²) in [6, 6.07) is 0. The summed E-state index contributed by atoms with van der Waals surface area (Å²) in [4.78, 5) is 3.86. The van der Waals surface area contributed by atoms with Gasteiger partial charge in [0.05, 0.1) is 11.2 Å². The molecule has 12 heavy (non-hydrogen) atoms. The molecule has 68 valence electrons. The van der Waals surface area contributed by atoms with Gasteiger partial charge in [0.15, 0.2) is 0 Å². The number of nitrogens with zero attached hydrogens (tertiary/aromatic N) is 1. The second-order valence-electron chi connectivity index (χ2n) is 2.15. The van der Waals surface area contributed by atoms with Crippen LogP contribution in [-0.2, 0) is 0 Å². The molecule has 1 N–H and O–H groups in total. The summed E-state index contributed by atoms with van der Waals surface area (Å²) in [5.74, 6) is 0.146. The Morgan fingerprint density at radius 1 is 1.67 bits per heavy atom. The molecule has 0 unspecified atom stereocenters. The lowest BCUT2D eigenvalue weighted by Crippen LogP contribution is -1.84. The Morgan fingerprint density at radius 2 is 2.25 bits per heavy atom. The Labute approximate surface area is 85.8 Å². The molecule has 0 aliphatic carbocycles. The molecule has 0 atom stereocenters. The van der Waals surface area contributed by atoms with Gasteiger partial charge in [0, 0.05) is 0 Å². The maximum absolute atomic E-state index is 8.78. The SMILES string of the molecule is CC/C=C(Cl)/C(Br)=N/C=C(\C)O. The minimum Gasteiger partial charge on any atom is -0.511 e. The van der Waals surface area contributed by atoms with Gasteiger partial charge >= 0.3 is 0 Å². The largest absolute Gasteiger partial charge is 0.511 e. The third-order valence-corrected chi connectivity index (χ3v) is 2.14. The fourth-order valence-electron chi connectivity index (χ4n) is 0.475. The molecule has 0 saturated carbocycles. The van der Waals surface area contributed by atoms with Crippen LogP contribution in [-0.4, -0.2) is 9.73 Å². The van der Waals surface area contributed by atoms with Crippen LogP contribution in [0, 0.1) is 0 Å². The molecule has 0 aromatic carbocycles. The third-order valence-electron chi connectivity index (χ3n) is 0.945. The van der Waals surface area contributed by atoms with Crippen molar-refractivity contribution in [3.63, 3.8) is 0 Å². The van der Waals surface area contributed by atoms with Crippen LogP contribution in [0.3, 0.4) is 0 Å². The van der Waals surface area contributed by atoms with Crippen LogP contribution in [0.2, 0.25) is 0 Å². The molecular weight excluding hydrogens is 241 g/mol. The average Bonchev–Trinajstić information content (AvgIpc) is 2.00. The van der Waals surface area contributed by atoms with Crippen molar-refractivity contribution in [3.8, 4) is 0 Å². The van der Waals surface area contributed by atoms with Gasteiger partial charge < -0.3 is 5.11 Å². The second-order valence-corrected chi connectivity index (χ2v) is 3.31. The zero-order valence-electron chi connectivity index (χ0n) is 7.01. The number of aliphatic imine (C=N–C) groups is 1. The van der Waals surface area contributed by atoms with Gasteiger partial charge in [-0.2, -0.15) is 0 Å². The van der Waals surface area contributed by atoms with Crippen LogP contribution in [0.25, 0.3) is 0 Å². The van der Waals surface area contributed by atoms with Crippen molar-refractivity contribution in [3.05, 3.63) is 23.1 Å². The van der Waals surface area contributed by atoms with Gasteiger partial charge in [-0.1, -0.05) is 24.6 Å². The molecular formula is C8H11BrClNO. The van der Waals surface area contributed by atoms with E-state index < -0.39 is 0 Å². The molecule has 0 bridgehead atoms. The molecule has 0 fully saturated rings. The van der Waals surface area contributed by atoms with E-state index in [2.05, 4.69) is 20.9 Å². The highest BCUT2D eigenvalue weighted by molar-refractivity contribution is 9.18. The predicted octanol–water partition coefficient (Wildman–Crippen LogP) is 3.73. The van der Waals surface area contributed by atoms with Crippen molar-refractivity contribution in [2.24, 2.45) is 4.99 Å². The Kier molecular flexibility index (Phi) is 6.11. The molecule has 0 amide bonds. The van der Waals surface area contributed by atoms with Gasteiger partial charge in [-0.25, -0.2) is 4.99 Å². The van der Waals surface area contributed by atoms with E-state index in [1.54, 1.807) is 6.92 Å². The molecule has 0 radical (unpaired) electrons. The zero-order valence-corrected chi connectivity index (χ0v) is 9.35. The van der Waals surface area contributed by atoms with Gasteiger partial charge in [0.25, 0.3) is 0 Å². The molecule has 0 aliphatic rings. The Morgan fingerprint density at radius 3 is 2.67 bits per heavy atom. The van der Waals surface area contributed by atoms with E-state index in [0.717, 1.165) is 6.42 Å². The molecule has 4 heteroatoms. The van der Waals surface area contributed by atoms with Crippen molar-refractivity contribution in [2.75, 3.05) is 0 Å². The number of halogens is 2. The summed E-state index contributed by atoms with van der Waals surface area (Å²) >= 11 is 8.95. The Hall–Kier alpha value is -0.280. The van der Waals surface area contributed by atoms with Gasteiger partial charge in [-0.15, -0.1) is 0 Å². The average molecular weight is 253 g/mol. The highest BCUT2D eigenvalue weighted by Crippen LogP contribution is 2.11. The fraction of sp³-hybridized carbons (Fsp3) is 0.375. The van der Waals surface area contributed by atoms with Crippen LogP contribution < -0.4 is 0 Å². The van der Waals surface area contributed by atoms with Crippen molar-refractivity contribution in [2.45, 2.75) is 20.3 Å². The monoisotopic (exact) mass is 251 g/mol. The zero-order chi connectivity index (χ0) is 9.56. The van der Waals surface area contributed by atoms with Crippen LogP contribution in [0.5, 0.6) is 0 Å². The van der Waals surface area contributed by atoms with E-state index in [0.29, 0.717) is 9.65 Å². The first-order chi connectivity index (χ1) is 5.57. The van der Waals surface area contributed by atoms with E-state index in [1.165, 1.54) is 6.20 Å². The predicted molar refractivity (Wildman–Crippen MR) is 57.0 cm³/mol. The summed E-state index contributed by atoms with van der Waals surface area (Å²) in [6.07, 6.45) is 4.01. The minimum absolute atomic E-state index is 0.146. The molecule has 0 spiro atoms. The number of rotatable bonds is 3. The van der Waals surface area contributed by atoms with E-state index in [1.807, 2.05) is 13.0 Å². The highest BCUT2D eigenvalue weighted by Gasteiger charge is 1.96. The molecule has 0 aromatic heterocycles. The molecule has 0 aliphatic heterocycles. The van der Waals surface area contributed by atoms with Gasteiger partial charge in [0.2, 0.25) is 0 Å². The van der Waals surface area contributed by atoms with E-state index in [-0.39, 0.29) is 5.76 Å². The number of hydrogen-bond acceptors (Lipinski definition) is 2. The van der Waals surface area contributed by atoms with Crippen molar-refractivity contribution >= 4 is 32.2 Å². The lowest BCUT2D eigenvalue weighted by Gasteiger charge is -1.92. The molecule has 2 nitrogen and oxygen atoms in total. The highest BCUT2D eigenvalue weighted by atomic mass is 79.9. The smallest absolute Gasteiger partial charge is 0.124 e. The normalized spacial score (nSPS) is 15.2. The van der Waals surface area contributed by atoms with Crippen LogP contribution >= 0.6 is 27.5 Å². The number of aliphatic hydroxyl groups excluding tert-OH is 1. The first-order valence-electron chi connectivity index (χ1n) is 3.53. The number of allylic oxidation sites excluding steroid dienone is 3. The van der Waals surface area contributed by atoms with E-state index >= 15 is 0 Å². The Bertz CT molecular complexity index is 229. The van der Waals surface area contributed by atoms with E-state index in [9.17, 15) is 0 Å². The van der Waals surface area contributed by atoms with Crippen LogP contribution in [0.1, 0.15) is 20.3 Å². The van der Waals surface area contributed by atoms with Gasteiger partial charge in [0.1, 0.15) is 10.4 Å². The first-order valence-corrected chi connectivity index (χ1v) is 4.70. The first kappa shape index (κ1) is 11.7. The standard InChI is InChI=1S/C8H11BrClNO/c1-3-4-7(10)8(9)11-5-6(2)12/h4-5,12H,3H2,1-2H3/b6-5+,7-4-,11-8-. The van der Waals surface area contributed by atoms with E-state index in [4.69, 9.17) is 16.7 Å². The lowest BCUT2D eigenvalue weighted by molar-refractivity contribution is 0.412. The van der Waals surface area contributed by atoms with Gasteiger partial charge in [-0.05, 0) is 29.3 Å². The summed E-state index contributed by atoms with van der Waals surface area (Å²) in [5.41, 5.74) is 0. The maximum Gasteiger partial charge on any atom is 0.124 e. The summed E-state index contributed by atoms with van der Waals surface area (Å²) in [7, 11) is 0. The quantitative estimate of drug-likeness (QED) is 0.602. The van der Waals surface area contributed by atoms with Gasteiger partial charge in [-0.3, -0.25) is 0 Å². The van der Waals surface area contributed by atoms with Crippen molar-refractivity contribution < 1.29 is 5.11 Å². The second kappa shape index (κ2) is 6.26. The molecule has 0 rings (SSSR count). The molecule has 0 saturated heterocycles. The number of hydrogen-bond donors (Lipinski definition) is 1. The van der Waals surface area contributed by atoms with Crippen LogP contribution in [0.4, 0.5) is 0 Å². The minimum atomic E-state index is 0.146. The Balaban J connectivity index is 4.38. The maximum atomic E-state index is 8.78. The summed E-state index contributed by atoms with van der Waals surface area (Å²) < 4.78 is 0.527.